The molecular weight excluding hydrogens is 486 g/mol. The molecule has 2 saturated heterocycles. The van der Waals surface area contributed by atoms with Crippen LogP contribution in [0.5, 0.6) is 5.75 Å². The Balaban J connectivity index is 1.31. The van der Waals surface area contributed by atoms with Crippen LogP contribution in [0.1, 0.15) is 22.3 Å². The number of benzene rings is 2. The third-order valence-electron chi connectivity index (χ3n) is 6.32. The summed E-state index contributed by atoms with van der Waals surface area (Å²) in [5, 5.41) is 5.88. The van der Waals surface area contributed by atoms with Crippen molar-refractivity contribution in [3.63, 3.8) is 0 Å². The minimum absolute atomic E-state index is 0.0128. The van der Waals surface area contributed by atoms with E-state index in [1.807, 2.05) is 24.3 Å². The van der Waals surface area contributed by atoms with E-state index in [4.69, 9.17) is 4.74 Å². The first-order valence-corrected chi connectivity index (χ1v) is 13.8. The number of hydrogen-bond acceptors (Lipinski definition) is 6. The number of nitrogens with one attached hydrogen (secondary N) is 2. The first-order chi connectivity index (χ1) is 16.8. The van der Waals surface area contributed by atoms with E-state index in [1.54, 1.807) is 18.9 Å². The molecule has 0 saturated carbocycles. The van der Waals surface area contributed by atoms with Crippen molar-refractivity contribution in [1.29, 1.82) is 0 Å². The number of sulfonamides is 1. The Morgan fingerprint density at radius 1 is 1.17 bits per heavy atom. The van der Waals surface area contributed by atoms with Gasteiger partial charge in [-0.1, -0.05) is 24.8 Å². The molecule has 2 N–H and O–H groups in total. The maximum absolute atomic E-state index is 13.2. The number of hydrogen-bond donors (Lipinski definition) is 2. The van der Waals surface area contributed by atoms with Gasteiger partial charge in [0.15, 0.2) is 0 Å². The molecule has 186 valence electrons. The van der Waals surface area contributed by atoms with Crippen LogP contribution < -0.4 is 15.4 Å². The summed E-state index contributed by atoms with van der Waals surface area (Å²) >= 11 is 1.61. The molecule has 2 aromatic carbocycles. The first kappa shape index (κ1) is 25.3. The van der Waals surface area contributed by atoms with Gasteiger partial charge in [0.2, 0.25) is 15.9 Å². The fourth-order valence-corrected chi connectivity index (χ4v) is 7.75. The summed E-state index contributed by atoms with van der Waals surface area (Å²) in [7, 11) is -2.05. The molecule has 10 heteroatoms. The highest BCUT2D eigenvalue weighted by Crippen LogP contribution is 2.43. The van der Waals surface area contributed by atoms with E-state index in [-0.39, 0.29) is 33.3 Å². The smallest absolute Gasteiger partial charge is 0.251 e. The lowest BCUT2D eigenvalue weighted by Gasteiger charge is -2.19. The first-order valence-electron chi connectivity index (χ1n) is 11.4. The maximum Gasteiger partial charge on any atom is 0.251 e. The number of thioether (sulfide) groups is 1. The predicted molar refractivity (Wildman–Crippen MR) is 136 cm³/mol. The second kappa shape index (κ2) is 10.8. The quantitative estimate of drug-likeness (QED) is 0.497. The van der Waals surface area contributed by atoms with Crippen molar-refractivity contribution in [1.82, 2.24) is 14.9 Å². The van der Waals surface area contributed by atoms with E-state index in [1.165, 1.54) is 34.6 Å². The minimum Gasteiger partial charge on any atom is -0.496 e. The zero-order valence-electron chi connectivity index (χ0n) is 19.5. The number of carbonyl (C=O) groups excluding carboxylic acids is 2. The van der Waals surface area contributed by atoms with Gasteiger partial charge in [-0.15, -0.1) is 11.8 Å². The number of fused-ring (bicyclic) bond motifs is 1. The SMILES string of the molecule is C=CC(=O)NC1CC2CN(S(=O)(=O)c3ccc(C(=O)NCCc4ccccc4OC)cc3)CC2S1. The van der Waals surface area contributed by atoms with E-state index in [0.717, 1.165) is 17.7 Å². The van der Waals surface area contributed by atoms with Gasteiger partial charge in [0.1, 0.15) is 5.75 Å². The van der Waals surface area contributed by atoms with E-state index in [2.05, 4.69) is 17.2 Å². The molecule has 35 heavy (non-hydrogen) atoms. The van der Waals surface area contributed by atoms with Crippen LogP contribution in [0.3, 0.4) is 0 Å². The molecule has 0 radical (unpaired) electrons. The van der Waals surface area contributed by atoms with Crippen LogP contribution in [0, 0.1) is 5.92 Å². The van der Waals surface area contributed by atoms with Gasteiger partial charge in [0.25, 0.3) is 5.91 Å². The van der Waals surface area contributed by atoms with E-state index in [9.17, 15) is 18.0 Å². The molecule has 2 amide bonds. The number of para-hydroxylation sites is 1. The third kappa shape index (κ3) is 5.71. The fourth-order valence-electron chi connectivity index (χ4n) is 4.48. The predicted octanol–water partition coefficient (Wildman–Crippen LogP) is 2.42. The van der Waals surface area contributed by atoms with Crippen molar-refractivity contribution in [3.05, 3.63) is 72.3 Å². The van der Waals surface area contributed by atoms with Gasteiger partial charge in [-0.2, -0.15) is 4.31 Å². The number of ether oxygens (including phenoxy) is 1. The summed E-state index contributed by atoms with van der Waals surface area (Å²) in [5.74, 6) is 0.496. The molecule has 0 spiro atoms. The molecular formula is C25H29N3O5S2. The van der Waals surface area contributed by atoms with Crippen LogP contribution >= 0.6 is 11.8 Å². The number of carbonyl (C=O) groups is 2. The second-order valence-corrected chi connectivity index (χ2v) is 11.9. The van der Waals surface area contributed by atoms with Crippen molar-refractivity contribution < 1.29 is 22.7 Å². The molecule has 8 nitrogen and oxygen atoms in total. The molecule has 4 rings (SSSR count). The Hall–Kier alpha value is -2.82. The van der Waals surface area contributed by atoms with Crippen LogP contribution in [0.25, 0.3) is 0 Å². The maximum atomic E-state index is 13.2. The van der Waals surface area contributed by atoms with Crippen molar-refractivity contribution in [2.45, 2.75) is 28.4 Å². The van der Waals surface area contributed by atoms with Crippen LogP contribution in [-0.4, -0.2) is 61.9 Å². The number of amides is 2. The zero-order valence-corrected chi connectivity index (χ0v) is 21.1. The monoisotopic (exact) mass is 515 g/mol. The Kier molecular flexibility index (Phi) is 7.83. The molecule has 2 aliphatic heterocycles. The molecule has 2 fully saturated rings. The lowest BCUT2D eigenvalue weighted by Crippen LogP contribution is -2.33. The molecule has 3 atom stereocenters. The lowest BCUT2D eigenvalue weighted by molar-refractivity contribution is -0.116. The molecule has 2 aliphatic rings. The molecule has 3 unspecified atom stereocenters. The van der Waals surface area contributed by atoms with Crippen molar-refractivity contribution in [2.75, 3.05) is 26.7 Å². The molecule has 2 heterocycles. The van der Waals surface area contributed by atoms with Gasteiger partial charge in [-0.25, -0.2) is 8.42 Å². The summed E-state index contributed by atoms with van der Waals surface area (Å²) < 4.78 is 33.2. The highest BCUT2D eigenvalue weighted by atomic mass is 32.2. The normalized spacial score (nSPS) is 21.8. The Morgan fingerprint density at radius 2 is 1.91 bits per heavy atom. The average molecular weight is 516 g/mol. The van der Waals surface area contributed by atoms with E-state index < -0.39 is 10.0 Å². The van der Waals surface area contributed by atoms with E-state index >= 15 is 0 Å². The lowest BCUT2D eigenvalue weighted by atomic mass is 10.1. The van der Waals surface area contributed by atoms with Gasteiger partial charge in [0, 0.05) is 30.4 Å². The highest BCUT2D eigenvalue weighted by Gasteiger charge is 2.45. The Labute approximate surface area is 210 Å². The Morgan fingerprint density at radius 3 is 2.60 bits per heavy atom. The number of methoxy groups -OCH3 is 1. The van der Waals surface area contributed by atoms with Crippen LogP contribution in [-0.2, 0) is 21.2 Å². The summed E-state index contributed by atoms with van der Waals surface area (Å²) in [6.07, 6.45) is 2.60. The Bertz CT molecular complexity index is 1190. The molecule has 2 aromatic rings. The highest BCUT2D eigenvalue weighted by molar-refractivity contribution is 8.00. The van der Waals surface area contributed by atoms with Gasteiger partial charge in [0.05, 0.1) is 17.4 Å². The molecule has 0 aromatic heterocycles. The molecule has 0 aliphatic carbocycles. The van der Waals surface area contributed by atoms with Crippen LogP contribution in [0.2, 0.25) is 0 Å². The summed E-state index contributed by atoms with van der Waals surface area (Å²) in [6.45, 7) is 4.73. The topological polar surface area (TPSA) is 105 Å². The summed E-state index contributed by atoms with van der Waals surface area (Å²) in [6, 6.07) is 13.7. The number of rotatable bonds is 9. The third-order valence-corrected chi connectivity index (χ3v) is 9.69. The van der Waals surface area contributed by atoms with Crippen molar-refractivity contribution >= 4 is 33.6 Å². The standard InChI is InChI=1S/C25H29N3O5S2/c1-3-23(29)27-24-14-19-15-28(16-22(19)34-24)35(31,32)20-10-8-18(9-11-20)25(30)26-13-12-17-6-4-5-7-21(17)33-2/h3-11,19,22,24H,1,12-16H2,2H3,(H,26,30)(H,27,29). The van der Waals surface area contributed by atoms with E-state index in [0.29, 0.717) is 31.6 Å². The zero-order chi connectivity index (χ0) is 25.0. The molecule has 0 bridgehead atoms. The van der Waals surface area contributed by atoms with Crippen molar-refractivity contribution in [2.24, 2.45) is 5.92 Å². The minimum atomic E-state index is -3.66. The van der Waals surface area contributed by atoms with Gasteiger partial charge < -0.3 is 15.4 Å². The summed E-state index contributed by atoms with van der Waals surface area (Å²) in [5.41, 5.74) is 1.40. The van der Waals surface area contributed by atoms with Gasteiger partial charge >= 0.3 is 0 Å². The van der Waals surface area contributed by atoms with Crippen LogP contribution in [0.4, 0.5) is 0 Å². The number of nitrogens with zero attached hydrogens (tertiary/aromatic N) is 1. The van der Waals surface area contributed by atoms with Crippen molar-refractivity contribution in [3.8, 4) is 5.75 Å². The average Bonchev–Trinajstić information content (AvgIpc) is 3.43. The summed E-state index contributed by atoms with van der Waals surface area (Å²) in [4.78, 5) is 24.2. The largest absolute Gasteiger partial charge is 0.496 e. The second-order valence-electron chi connectivity index (χ2n) is 8.54. The van der Waals surface area contributed by atoms with Crippen LogP contribution in [0.15, 0.2) is 66.1 Å². The fraction of sp³-hybridized carbons (Fsp3) is 0.360. The van der Waals surface area contributed by atoms with Gasteiger partial charge in [-0.05, 0) is 60.7 Å². The van der Waals surface area contributed by atoms with Gasteiger partial charge in [-0.3, -0.25) is 9.59 Å².